The van der Waals surface area contributed by atoms with Gasteiger partial charge in [-0.1, -0.05) is 31.2 Å². The predicted octanol–water partition coefficient (Wildman–Crippen LogP) is 4.34. The molecule has 0 saturated carbocycles. The Kier molecular flexibility index (Phi) is 5.68. The second-order valence-electron chi connectivity index (χ2n) is 5.56. The molecule has 24 heavy (non-hydrogen) atoms. The van der Waals surface area contributed by atoms with Gasteiger partial charge in [0.15, 0.2) is 0 Å². The van der Waals surface area contributed by atoms with Crippen molar-refractivity contribution < 1.29 is 18.7 Å². The fourth-order valence-electron chi connectivity index (χ4n) is 2.21. The molecule has 0 saturated heterocycles. The van der Waals surface area contributed by atoms with Crippen molar-refractivity contribution in [1.29, 1.82) is 0 Å². The van der Waals surface area contributed by atoms with Crippen molar-refractivity contribution >= 4 is 17.6 Å². The molecular formula is C19H20FNO3. The molecule has 126 valence electrons. The molecule has 1 N–H and O–H groups in total. The second-order valence-corrected chi connectivity index (χ2v) is 5.56. The summed E-state index contributed by atoms with van der Waals surface area (Å²) in [5.41, 5.74) is 1.05. The van der Waals surface area contributed by atoms with Crippen molar-refractivity contribution in [3.63, 3.8) is 0 Å². The van der Waals surface area contributed by atoms with Gasteiger partial charge in [-0.25, -0.2) is 9.18 Å². The molecule has 5 heteroatoms. The summed E-state index contributed by atoms with van der Waals surface area (Å²) in [5, 5.41) is 2.49. The zero-order valence-electron chi connectivity index (χ0n) is 13.9. The average molecular weight is 329 g/mol. The minimum atomic E-state index is -0.556. The molecule has 2 rings (SSSR count). The summed E-state index contributed by atoms with van der Waals surface area (Å²) in [5.74, 6) is -1.65. The van der Waals surface area contributed by atoms with Gasteiger partial charge in [0.25, 0.3) is 5.91 Å². The highest BCUT2D eigenvalue weighted by Gasteiger charge is 2.22. The van der Waals surface area contributed by atoms with E-state index in [2.05, 4.69) is 5.32 Å². The predicted molar refractivity (Wildman–Crippen MR) is 90.7 cm³/mol. The molecule has 4 nitrogen and oxygen atoms in total. The third-order valence-corrected chi connectivity index (χ3v) is 3.73. The standard InChI is InChI=1S/C19H20FNO3/c1-4-13(3)24-19(23)17-12(2)8-7-9-14(17)18(22)21-16-11-6-5-10-15(16)20/h5-11,13H,4H2,1-3H3,(H,21,22). The quantitative estimate of drug-likeness (QED) is 0.830. The van der Waals surface area contributed by atoms with Gasteiger partial charge < -0.3 is 10.1 Å². The summed E-state index contributed by atoms with van der Waals surface area (Å²) in [7, 11) is 0. The molecule has 0 aliphatic heterocycles. The summed E-state index contributed by atoms with van der Waals surface area (Å²) in [6.45, 7) is 5.42. The lowest BCUT2D eigenvalue weighted by atomic mass is 10.0. The number of hydrogen-bond donors (Lipinski definition) is 1. The first-order valence-electron chi connectivity index (χ1n) is 7.80. The molecule has 0 aliphatic rings. The van der Waals surface area contributed by atoms with Crippen molar-refractivity contribution in [2.24, 2.45) is 0 Å². The van der Waals surface area contributed by atoms with Crippen LogP contribution >= 0.6 is 0 Å². The van der Waals surface area contributed by atoms with Gasteiger partial charge in [-0.05, 0) is 44.0 Å². The molecule has 0 aliphatic carbocycles. The van der Waals surface area contributed by atoms with E-state index in [0.29, 0.717) is 12.0 Å². The van der Waals surface area contributed by atoms with E-state index >= 15 is 0 Å². The lowest BCUT2D eigenvalue weighted by Gasteiger charge is -2.15. The van der Waals surface area contributed by atoms with Gasteiger partial charge in [0.05, 0.1) is 22.9 Å². The van der Waals surface area contributed by atoms with Crippen molar-refractivity contribution in [3.05, 3.63) is 65.0 Å². The summed E-state index contributed by atoms with van der Waals surface area (Å²) in [6, 6.07) is 10.8. The molecule has 2 aromatic rings. The molecule has 0 spiro atoms. The van der Waals surface area contributed by atoms with E-state index in [-0.39, 0.29) is 22.9 Å². The van der Waals surface area contributed by atoms with Crippen LogP contribution in [0.1, 0.15) is 46.5 Å². The number of carbonyl (C=O) groups excluding carboxylic acids is 2. The Hall–Kier alpha value is -2.69. The number of amides is 1. The van der Waals surface area contributed by atoms with Crippen molar-refractivity contribution in [1.82, 2.24) is 0 Å². The van der Waals surface area contributed by atoms with Gasteiger partial charge in [0, 0.05) is 0 Å². The number of halogens is 1. The number of rotatable bonds is 5. The van der Waals surface area contributed by atoms with Crippen LogP contribution in [-0.4, -0.2) is 18.0 Å². The first-order valence-corrected chi connectivity index (χ1v) is 7.80. The molecule has 0 bridgehead atoms. The summed E-state index contributed by atoms with van der Waals surface area (Å²) >= 11 is 0. The van der Waals surface area contributed by atoms with E-state index in [1.54, 1.807) is 32.0 Å². The number of anilines is 1. The number of benzene rings is 2. The SMILES string of the molecule is CCC(C)OC(=O)c1c(C)cccc1C(=O)Nc1ccccc1F. The Morgan fingerprint density at radius 3 is 2.54 bits per heavy atom. The van der Waals surface area contributed by atoms with Gasteiger partial charge in [0.2, 0.25) is 0 Å². The molecule has 0 radical (unpaired) electrons. The zero-order chi connectivity index (χ0) is 17.7. The molecule has 2 aromatic carbocycles. The molecule has 1 unspecified atom stereocenters. The highest BCUT2D eigenvalue weighted by atomic mass is 19.1. The average Bonchev–Trinajstić information content (AvgIpc) is 2.56. The Labute approximate surface area is 140 Å². The number of nitrogens with one attached hydrogen (secondary N) is 1. The molecule has 0 fully saturated rings. The Morgan fingerprint density at radius 2 is 1.88 bits per heavy atom. The van der Waals surface area contributed by atoms with Crippen molar-refractivity contribution in [3.8, 4) is 0 Å². The monoisotopic (exact) mass is 329 g/mol. The van der Waals surface area contributed by atoms with E-state index in [1.807, 2.05) is 6.92 Å². The maximum absolute atomic E-state index is 13.7. The molecular weight excluding hydrogens is 309 g/mol. The Bertz CT molecular complexity index is 758. The third kappa shape index (κ3) is 3.98. The highest BCUT2D eigenvalue weighted by Crippen LogP contribution is 2.20. The van der Waals surface area contributed by atoms with Crippen LogP contribution in [0.15, 0.2) is 42.5 Å². The second kappa shape index (κ2) is 7.73. The van der Waals surface area contributed by atoms with Gasteiger partial charge in [-0.15, -0.1) is 0 Å². The van der Waals surface area contributed by atoms with Crippen LogP contribution in [0.4, 0.5) is 10.1 Å². The number of para-hydroxylation sites is 1. The third-order valence-electron chi connectivity index (χ3n) is 3.73. The van der Waals surface area contributed by atoms with Gasteiger partial charge in [-0.3, -0.25) is 4.79 Å². The molecule has 0 aromatic heterocycles. The van der Waals surface area contributed by atoms with Crippen LogP contribution in [0.2, 0.25) is 0 Å². The summed E-state index contributed by atoms with van der Waals surface area (Å²) in [4.78, 5) is 24.9. The lowest BCUT2D eigenvalue weighted by molar-refractivity contribution is 0.0331. The first kappa shape index (κ1) is 17.7. The largest absolute Gasteiger partial charge is 0.459 e. The van der Waals surface area contributed by atoms with E-state index in [0.717, 1.165) is 0 Å². The van der Waals surface area contributed by atoms with Crippen LogP contribution < -0.4 is 5.32 Å². The number of ether oxygens (including phenoxy) is 1. The Balaban J connectivity index is 2.33. The minimum Gasteiger partial charge on any atom is -0.459 e. The van der Waals surface area contributed by atoms with Gasteiger partial charge in [-0.2, -0.15) is 0 Å². The number of hydrogen-bond acceptors (Lipinski definition) is 3. The van der Waals surface area contributed by atoms with Crippen LogP contribution in [-0.2, 0) is 4.74 Å². The molecule has 0 heterocycles. The highest BCUT2D eigenvalue weighted by molar-refractivity contribution is 6.11. The summed E-state index contributed by atoms with van der Waals surface area (Å²) in [6.07, 6.45) is 0.425. The van der Waals surface area contributed by atoms with Gasteiger partial charge >= 0.3 is 5.97 Å². The molecule has 1 atom stereocenters. The number of esters is 1. The van der Waals surface area contributed by atoms with Crippen molar-refractivity contribution in [2.75, 3.05) is 5.32 Å². The van der Waals surface area contributed by atoms with Gasteiger partial charge in [0.1, 0.15) is 5.82 Å². The molecule has 1 amide bonds. The van der Waals surface area contributed by atoms with E-state index in [9.17, 15) is 14.0 Å². The van der Waals surface area contributed by atoms with Crippen molar-refractivity contribution in [2.45, 2.75) is 33.3 Å². The number of carbonyl (C=O) groups is 2. The Morgan fingerprint density at radius 1 is 1.17 bits per heavy atom. The first-order chi connectivity index (χ1) is 11.4. The topological polar surface area (TPSA) is 55.4 Å². The maximum Gasteiger partial charge on any atom is 0.339 e. The fraction of sp³-hybridized carbons (Fsp3) is 0.263. The summed E-state index contributed by atoms with van der Waals surface area (Å²) < 4.78 is 19.1. The van der Waals surface area contributed by atoms with Crippen LogP contribution in [0, 0.1) is 12.7 Å². The van der Waals surface area contributed by atoms with E-state index < -0.39 is 17.7 Å². The lowest BCUT2D eigenvalue weighted by Crippen LogP contribution is -2.21. The zero-order valence-corrected chi connectivity index (χ0v) is 13.9. The fourth-order valence-corrected chi connectivity index (χ4v) is 2.21. The minimum absolute atomic E-state index is 0.0604. The van der Waals surface area contributed by atoms with E-state index in [1.165, 1.54) is 24.3 Å². The normalized spacial score (nSPS) is 11.7. The van der Waals surface area contributed by atoms with Crippen LogP contribution in [0.5, 0.6) is 0 Å². The maximum atomic E-state index is 13.7. The van der Waals surface area contributed by atoms with Crippen LogP contribution in [0.3, 0.4) is 0 Å². The smallest absolute Gasteiger partial charge is 0.339 e. The van der Waals surface area contributed by atoms with Crippen LogP contribution in [0.25, 0.3) is 0 Å². The van der Waals surface area contributed by atoms with E-state index in [4.69, 9.17) is 4.74 Å². The number of aryl methyl sites for hydroxylation is 1.